The highest BCUT2D eigenvalue weighted by Crippen LogP contribution is 2.26. The van der Waals surface area contributed by atoms with Gasteiger partial charge in [0.15, 0.2) is 0 Å². The number of carbonyl (C=O) groups excluding carboxylic acids is 1. The molecule has 6 nitrogen and oxygen atoms in total. The molecule has 0 aliphatic rings. The molecule has 0 aliphatic heterocycles. The average Bonchev–Trinajstić information content (AvgIpc) is 3.22. The first kappa shape index (κ1) is 17.8. The molecule has 138 valence electrons. The summed E-state index contributed by atoms with van der Waals surface area (Å²) in [7, 11) is 0. The number of nitrogens with zero attached hydrogens (tertiary/aromatic N) is 3. The van der Waals surface area contributed by atoms with Gasteiger partial charge in [-0.1, -0.05) is 41.7 Å². The van der Waals surface area contributed by atoms with Crippen molar-refractivity contribution in [2.24, 2.45) is 0 Å². The summed E-state index contributed by atoms with van der Waals surface area (Å²) in [4.78, 5) is 16.4. The Hall–Kier alpha value is -3.58. The van der Waals surface area contributed by atoms with Gasteiger partial charge in [0.25, 0.3) is 5.91 Å². The fourth-order valence-corrected chi connectivity index (χ4v) is 3.24. The molecule has 1 N–H and O–H groups in total. The molecule has 1 amide bonds. The highest BCUT2D eigenvalue weighted by atomic mass is 32.1. The minimum absolute atomic E-state index is 0.243. The predicted molar refractivity (Wildman–Crippen MR) is 108 cm³/mol. The van der Waals surface area contributed by atoms with Crippen LogP contribution in [0.1, 0.15) is 15.9 Å². The van der Waals surface area contributed by atoms with E-state index < -0.39 is 0 Å². The summed E-state index contributed by atoms with van der Waals surface area (Å²) in [6, 6.07) is 20.6. The van der Waals surface area contributed by atoms with Crippen LogP contribution in [-0.2, 0) is 6.61 Å². The molecule has 0 unspecified atom stereocenters. The molecule has 2 aromatic carbocycles. The maximum atomic E-state index is 12.4. The van der Waals surface area contributed by atoms with Crippen LogP contribution in [0.25, 0.3) is 10.6 Å². The molecule has 0 saturated heterocycles. The van der Waals surface area contributed by atoms with Crippen LogP contribution < -0.4 is 10.1 Å². The van der Waals surface area contributed by atoms with Gasteiger partial charge in [0, 0.05) is 23.5 Å². The lowest BCUT2D eigenvalue weighted by Gasteiger charge is -2.07. The van der Waals surface area contributed by atoms with E-state index in [-0.39, 0.29) is 5.91 Å². The number of anilines is 1. The molecule has 0 bridgehead atoms. The van der Waals surface area contributed by atoms with Gasteiger partial charge in [-0.25, -0.2) is 0 Å². The third-order valence-corrected chi connectivity index (χ3v) is 4.83. The van der Waals surface area contributed by atoms with E-state index in [1.807, 2.05) is 42.5 Å². The molecule has 0 radical (unpaired) electrons. The Kier molecular flexibility index (Phi) is 5.35. The van der Waals surface area contributed by atoms with Crippen LogP contribution in [0.4, 0.5) is 5.13 Å². The highest BCUT2D eigenvalue weighted by molar-refractivity contribution is 7.18. The first-order chi connectivity index (χ1) is 13.8. The minimum atomic E-state index is -0.243. The summed E-state index contributed by atoms with van der Waals surface area (Å²) in [5.41, 5.74) is 2.52. The topological polar surface area (TPSA) is 77.0 Å². The van der Waals surface area contributed by atoms with Gasteiger partial charge in [0.2, 0.25) is 5.13 Å². The van der Waals surface area contributed by atoms with Crippen molar-refractivity contribution in [1.82, 2.24) is 15.2 Å². The summed E-state index contributed by atoms with van der Waals surface area (Å²) < 4.78 is 5.74. The number of rotatable bonds is 6. The zero-order valence-corrected chi connectivity index (χ0v) is 15.6. The number of hydrogen-bond acceptors (Lipinski definition) is 6. The first-order valence-electron chi connectivity index (χ1n) is 8.60. The zero-order chi connectivity index (χ0) is 19.2. The molecule has 0 atom stereocenters. The summed E-state index contributed by atoms with van der Waals surface area (Å²) in [6.45, 7) is 0.481. The molecule has 4 aromatic rings. The van der Waals surface area contributed by atoms with Gasteiger partial charge in [-0.05, 0) is 42.0 Å². The normalized spacial score (nSPS) is 10.4. The number of ether oxygens (including phenoxy) is 1. The van der Waals surface area contributed by atoms with Gasteiger partial charge in [-0.15, -0.1) is 10.2 Å². The molecular weight excluding hydrogens is 372 g/mol. The number of benzene rings is 2. The van der Waals surface area contributed by atoms with Crippen molar-refractivity contribution in [2.45, 2.75) is 6.61 Å². The number of aromatic nitrogens is 3. The Morgan fingerprint density at radius 2 is 1.68 bits per heavy atom. The summed E-state index contributed by atoms with van der Waals surface area (Å²) in [5.74, 6) is 0.461. The van der Waals surface area contributed by atoms with E-state index >= 15 is 0 Å². The second kappa shape index (κ2) is 8.41. The number of amides is 1. The van der Waals surface area contributed by atoms with Crippen LogP contribution in [0.15, 0.2) is 79.1 Å². The first-order valence-corrected chi connectivity index (χ1v) is 9.41. The maximum Gasteiger partial charge on any atom is 0.257 e. The van der Waals surface area contributed by atoms with Crippen molar-refractivity contribution in [2.75, 3.05) is 5.32 Å². The van der Waals surface area contributed by atoms with Crippen LogP contribution in [0.2, 0.25) is 0 Å². The van der Waals surface area contributed by atoms with E-state index in [0.717, 1.165) is 16.1 Å². The summed E-state index contributed by atoms with van der Waals surface area (Å²) >= 11 is 1.31. The largest absolute Gasteiger partial charge is 0.489 e. The van der Waals surface area contributed by atoms with Crippen LogP contribution in [0.3, 0.4) is 0 Å². The average molecular weight is 388 g/mol. The van der Waals surface area contributed by atoms with Gasteiger partial charge >= 0.3 is 0 Å². The molecule has 2 heterocycles. The Morgan fingerprint density at radius 1 is 0.929 bits per heavy atom. The van der Waals surface area contributed by atoms with E-state index in [9.17, 15) is 4.79 Å². The second-order valence-corrected chi connectivity index (χ2v) is 6.88. The number of hydrogen-bond donors (Lipinski definition) is 1. The molecule has 0 aliphatic carbocycles. The smallest absolute Gasteiger partial charge is 0.257 e. The maximum absolute atomic E-state index is 12.4. The number of pyridine rings is 1. The van der Waals surface area contributed by atoms with Crippen LogP contribution in [0, 0.1) is 0 Å². The predicted octanol–water partition coefficient (Wildman–Crippen LogP) is 4.43. The van der Waals surface area contributed by atoms with E-state index in [1.54, 1.807) is 36.7 Å². The molecule has 7 heteroatoms. The molecule has 0 fully saturated rings. The van der Waals surface area contributed by atoms with Crippen molar-refractivity contribution in [3.05, 3.63) is 90.3 Å². The Morgan fingerprint density at radius 3 is 2.43 bits per heavy atom. The van der Waals surface area contributed by atoms with Crippen molar-refractivity contribution >= 4 is 22.4 Å². The number of nitrogens with one attached hydrogen (secondary N) is 1. The third-order valence-electron chi connectivity index (χ3n) is 3.94. The quantitative estimate of drug-likeness (QED) is 0.529. The molecule has 0 spiro atoms. The molecule has 2 aromatic heterocycles. The van der Waals surface area contributed by atoms with E-state index in [4.69, 9.17) is 4.74 Å². The van der Waals surface area contributed by atoms with Crippen molar-refractivity contribution in [1.29, 1.82) is 0 Å². The lowest BCUT2D eigenvalue weighted by Crippen LogP contribution is -2.11. The third kappa shape index (κ3) is 4.39. The van der Waals surface area contributed by atoms with Crippen LogP contribution >= 0.6 is 11.3 Å². The highest BCUT2D eigenvalue weighted by Gasteiger charge is 2.11. The fraction of sp³-hybridized carbons (Fsp3) is 0.0476. The van der Waals surface area contributed by atoms with Gasteiger partial charge in [-0.2, -0.15) is 0 Å². The van der Waals surface area contributed by atoms with Crippen LogP contribution in [-0.4, -0.2) is 21.1 Å². The van der Waals surface area contributed by atoms with Crippen LogP contribution in [0.5, 0.6) is 5.75 Å². The Bertz CT molecular complexity index is 1050. The molecule has 0 saturated carbocycles. The van der Waals surface area contributed by atoms with E-state index in [1.165, 1.54) is 11.3 Å². The van der Waals surface area contributed by atoms with Gasteiger partial charge in [0.1, 0.15) is 17.4 Å². The van der Waals surface area contributed by atoms with E-state index in [2.05, 4.69) is 20.5 Å². The SMILES string of the molecule is O=C(Nc1nnc(-c2ccncc2)s1)c1ccc(OCc2ccccc2)cc1. The lowest BCUT2D eigenvalue weighted by atomic mass is 10.2. The van der Waals surface area contributed by atoms with Gasteiger partial charge in [-0.3, -0.25) is 15.1 Å². The molecule has 4 rings (SSSR count). The van der Waals surface area contributed by atoms with E-state index in [0.29, 0.717) is 23.1 Å². The van der Waals surface area contributed by atoms with Crippen molar-refractivity contribution < 1.29 is 9.53 Å². The second-order valence-electron chi connectivity index (χ2n) is 5.90. The monoisotopic (exact) mass is 388 g/mol. The minimum Gasteiger partial charge on any atom is -0.489 e. The summed E-state index contributed by atoms with van der Waals surface area (Å²) in [6.07, 6.45) is 3.38. The zero-order valence-electron chi connectivity index (χ0n) is 14.8. The Balaban J connectivity index is 1.37. The summed E-state index contributed by atoms with van der Waals surface area (Å²) in [5, 5.41) is 12.1. The van der Waals surface area contributed by atoms with Crippen molar-refractivity contribution in [3.8, 4) is 16.3 Å². The van der Waals surface area contributed by atoms with Gasteiger partial charge in [0.05, 0.1) is 0 Å². The standard InChI is InChI=1S/C21H16N4O2S/c26-19(23-21-25-24-20(28-21)17-10-12-22-13-11-17)16-6-8-18(9-7-16)27-14-15-4-2-1-3-5-15/h1-13H,14H2,(H,23,25,26). The van der Waals surface area contributed by atoms with Crippen molar-refractivity contribution in [3.63, 3.8) is 0 Å². The van der Waals surface area contributed by atoms with Gasteiger partial charge < -0.3 is 4.74 Å². The Labute approximate surface area is 165 Å². The lowest BCUT2D eigenvalue weighted by molar-refractivity contribution is 0.102. The fourth-order valence-electron chi connectivity index (χ4n) is 2.50. The molecule has 28 heavy (non-hydrogen) atoms. The number of carbonyl (C=O) groups is 1. The molecular formula is C21H16N4O2S.